The van der Waals surface area contributed by atoms with Crippen LogP contribution >= 0.6 is 0 Å². The number of aliphatic hydroxyl groups is 5. The zero-order valence-electron chi connectivity index (χ0n) is 47.7. The molecular weight excluding hydrogens is 931 g/mol. The highest BCUT2D eigenvalue weighted by atomic mass is 16.7. The number of hydrogen-bond donors (Lipinski definition) is 6. The lowest BCUT2D eigenvalue weighted by Crippen LogP contribution is -2.61. The minimum absolute atomic E-state index is 0.116. The molecular formula is C63H115NO10. The van der Waals surface area contributed by atoms with E-state index in [1.807, 2.05) is 6.08 Å². The van der Waals surface area contributed by atoms with Crippen molar-refractivity contribution in [2.75, 3.05) is 13.2 Å². The molecule has 8 atom stereocenters. The lowest BCUT2D eigenvalue weighted by atomic mass is 9.99. The lowest BCUT2D eigenvalue weighted by molar-refractivity contribution is -0.305. The summed E-state index contributed by atoms with van der Waals surface area (Å²) in [5.74, 6) is -1.20. The van der Waals surface area contributed by atoms with Gasteiger partial charge in [-0.15, -0.1) is 0 Å². The van der Waals surface area contributed by atoms with E-state index in [0.717, 1.165) is 83.5 Å². The molecule has 1 heterocycles. The molecule has 6 N–H and O–H groups in total. The molecule has 0 aromatic rings. The molecule has 1 fully saturated rings. The van der Waals surface area contributed by atoms with E-state index in [4.69, 9.17) is 14.2 Å². The van der Waals surface area contributed by atoms with Gasteiger partial charge in [-0.05, 0) is 64.2 Å². The second-order valence-corrected chi connectivity index (χ2v) is 21.4. The van der Waals surface area contributed by atoms with Gasteiger partial charge in [0, 0.05) is 6.42 Å². The van der Waals surface area contributed by atoms with Gasteiger partial charge in [-0.3, -0.25) is 9.59 Å². The van der Waals surface area contributed by atoms with Crippen LogP contribution in [0.1, 0.15) is 278 Å². The van der Waals surface area contributed by atoms with E-state index in [-0.39, 0.29) is 13.0 Å². The molecule has 11 heteroatoms. The van der Waals surface area contributed by atoms with E-state index >= 15 is 0 Å². The molecule has 1 amide bonds. The topological polar surface area (TPSA) is 175 Å². The number of carbonyl (C=O) groups excluding carboxylic acids is 2. The number of rotatable bonds is 52. The quantitative estimate of drug-likeness (QED) is 0.0195. The first-order chi connectivity index (χ1) is 36.2. The Kier molecular flexibility index (Phi) is 48.3. The second-order valence-electron chi connectivity index (χ2n) is 21.4. The molecule has 1 aliphatic rings. The zero-order chi connectivity index (χ0) is 54.0. The van der Waals surface area contributed by atoms with Gasteiger partial charge in [0.1, 0.15) is 24.4 Å². The summed E-state index contributed by atoms with van der Waals surface area (Å²) in [5, 5.41) is 56.9. The van der Waals surface area contributed by atoms with Crippen molar-refractivity contribution in [1.29, 1.82) is 0 Å². The average molecular weight is 1050 g/mol. The molecule has 0 radical (unpaired) electrons. The van der Waals surface area contributed by atoms with Crippen molar-refractivity contribution in [1.82, 2.24) is 5.32 Å². The molecule has 0 spiro atoms. The molecule has 0 aromatic carbocycles. The fourth-order valence-corrected chi connectivity index (χ4v) is 9.54. The maximum absolute atomic E-state index is 13.4. The van der Waals surface area contributed by atoms with Crippen molar-refractivity contribution in [3.05, 3.63) is 48.6 Å². The van der Waals surface area contributed by atoms with E-state index in [0.29, 0.717) is 19.3 Å². The summed E-state index contributed by atoms with van der Waals surface area (Å²) in [7, 11) is 0. The highest BCUT2D eigenvalue weighted by Crippen LogP contribution is 2.26. The molecule has 0 aromatic heterocycles. The Morgan fingerprint density at radius 2 is 0.932 bits per heavy atom. The van der Waals surface area contributed by atoms with Crippen LogP contribution in [0.5, 0.6) is 0 Å². The van der Waals surface area contributed by atoms with Gasteiger partial charge >= 0.3 is 5.97 Å². The number of amides is 1. The van der Waals surface area contributed by atoms with Gasteiger partial charge in [0.25, 0.3) is 0 Å². The Morgan fingerprint density at radius 3 is 1.42 bits per heavy atom. The average Bonchev–Trinajstić information content (AvgIpc) is 3.40. The molecule has 1 saturated heterocycles. The lowest BCUT2D eigenvalue weighted by Gasteiger charge is -2.41. The van der Waals surface area contributed by atoms with Crippen molar-refractivity contribution in [2.45, 2.75) is 327 Å². The van der Waals surface area contributed by atoms with Crippen molar-refractivity contribution in [3.63, 3.8) is 0 Å². The van der Waals surface area contributed by atoms with Crippen molar-refractivity contribution < 1.29 is 49.3 Å². The van der Waals surface area contributed by atoms with E-state index in [2.05, 4.69) is 62.5 Å². The summed E-state index contributed by atoms with van der Waals surface area (Å²) in [4.78, 5) is 26.5. The number of hydrogen-bond acceptors (Lipinski definition) is 10. The smallest absolute Gasteiger partial charge is 0.306 e. The van der Waals surface area contributed by atoms with Crippen LogP contribution in [0.25, 0.3) is 0 Å². The predicted molar refractivity (Wildman–Crippen MR) is 306 cm³/mol. The summed E-state index contributed by atoms with van der Waals surface area (Å²) < 4.78 is 17.6. The predicted octanol–water partition coefficient (Wildman–Crippen LogP) is 14.4. The summed E-state index contributed by atoms with van der Waals surface area (Å²) in [6.07, 6.45) is 51.5. The second kappa shape index (κ2) is 51.4. The van der Waals surface area contributed by atoms with Gasteiger partial charge in [-0.1, -0.05) is 256 Å². The largest absolute Gasteiger partial charge is 0.454 e. The Bertz CT molecular complexity index is 1390. The van der Waals surface area contributed by atoms with Crippen LogP contribution in [0.3, 0.4) is 0 Å². The maximum Gasteiger partial charge on any atom is 0.306 e. The fourth-order valence-electron chi connectivity index (χ4n) is 9.54. The Balaban J connectivity index is 2.65. The summed E-state index contributed by atoms with van der Waals surface area (Å²) in [6, 6.07) is -1.02. The minimum Gasteiger partial charge on any atom is -0.454 e. The number of esters is 1. The summed E-state index contributed by atoms with van der Waals surface area (Å²) in [5.41, 5.74) is 0. The van der Waals surface area contributed by atoms with Crippen LogP contribution in [0, 0.1) is 0 Å². The van der Waals surface area contributed by atoms with Crippen molar-refractivity contribution >= 4 is 11.9 Å². The molecule has 11 nitrogen and oxygen atoms in total. The Labute approximate surface area is 453 Å². The highest BCUT2D eigenvalue weighted by molar-refractivity contribution is 5.80. The number of ether oxygens (including phenoxy) is 3. The first-order valence-corrected chi connectivity index (χ1v) is 30.9. The molecule has 0 saturated carbocycles. The highest BCUT2D eigenvalue weighted by Gasteiger charge is 2.47. The van der Waals surface area contributed by atoms with Crippen LogP contribution in [-0.4, -0.2) is 99.6 Å². The van der Waals surface area contributed by atoms with Crippen LogP contribution < -0.4 is 5.32 Å². The third-order valence-corrected chi connectivity index (χ3v) is 14.5. The van der Waals surface area contributed by atoms with Gasteiger partial charge in [-0.25, -0.2) is 0 Å². The number of allylic oxidation sites excluding steroid dienone is 7. The molecule has 8 unspecified atom stereocenters. The number of nitrogens with one attached hydrogen (secondary N) is 1. The van der Waals surface area contributed by atoms with Gasteiger partial charge in [0.2, 0.25) is 5.91 Å². The number of aliphatic hydroxyl groups excluding tert-OH is 5. The van der Waals surface area contributed by atoms with Gasteiger partial charge in [-0.2, -0.15) is 0 Å². The van der Waals surface area contributed by atoms with Gasteiger partial charge < -0.3 is 45.1 Å². The zero-order valence-corrected chi connectivity index (χ0v) is 47.7. The number of unbranched alkanes of at least 4 members (excludes halogenated alkanes) is 32. The normalized spacial score (nSPS) is 19.6. The van der Waals surface area contributed by atoms with Crippen LogP contribution in [0.15, 0.2) is 48.6 Å². The van der Waals surface area contributed by atoms with Crippen molar-refractivity contribution in [2.24, 2.45) is 0 Å². The molecule has 1 rings (SSSR count). The van der Waals surface area contributed by atoms with E-state index < -0.39 is 67.4 Å². The van der Waals surface area contributed by atoms with Crippen LogP contribution in [0.2, 0.25) is 0 Å². The third kappa shape index (κ3) is 39.1. The maximum atomic E-state index is 13.4. The monoisotopic (exact) mass is 1050 g/mol. The summed E-state index contributed by atoms with van der Waals surface area (Å²) >= 11 is 0. The third-order valence-electron chi connectivity index (χ3n) is 14.5. The summed E-state index contributed by atoms with van der Waals surface area (Å²) in [6.45, 7) is 5.76. The SMILES string of the molecule is CCCCC/C=C\C/C=C\C/C=C\CCCCCCCCCCC(=O)OC1C(OCC(NC(=O)C(O)CCCCCCCCCCCCCCC)C(O)/C=C/CCCCCCCCCCC)OC(CO)C(O)C1O. The van der Waals surface area contributed by atoms with E-state index in [1.165, 1.54) is 148 Å². The molecule has 74 heavy (non-hydrogen) atoms. The van der Waals surface area contributed by atoms with E-state index in [9.17, 15) is 35.1 Å². The van der Waals surface area contributed by atoms with Gasteiger partial charge in [0.05, 0.1) is 25.4 Å². The molecule has 1 aliphatic heterocycles. The first-order valence-electron chi connectivity index (χ1n) is 30.9. The van der Waals surface area contributed by atoms with Crippen molar-refractivity contribution in [3.8, 4) is 0 Å². The number of carbonyl (C=O) groups is 2. The van der Waals surface area contributed by atoms with Gasteiger partial charge in [0.15, 0.2) is 12.4 Å². The molecule has 432 valence electrons. The van der Waals surface area contributed by atoms with Crippen LogP contribution in [-0.2, 0) is 23.8 Å². The fraction of sp³-hybridized carbons (Fsp3) is 0.841. The van der Waals surface area contributed by atoms with E-state index in [1.54, 1.807) is 6.08 Å². The minimum atomic E-state index is -1.61. The molecule has 0 bridgehead atoms. The van der Waals surface area contributed by atoms with Crippen LogP contribution in [0.4, 0.5) is 0 Å². The Morgan fingerprint density at radius 1 is 0.527 bits per heavy atom. The standard InChI is InChI=1S/C63H115NO10/c1-4-7-10-13-16-19-22-24-25-26-27-28-29-30-31-33-36-39-42-45-48-51-58(68)74-61-60(70)59(69)57(52-65)73-63(61)72-53-54(55(66)49-46-43-40-37-34-21-18-15-12-9-6-3)64-62(71)56(67)50-47-44-41-38-35-32-23-20-17-14-11-8-5-2/h16,19,24-25,27-28,46,49,54-57,59-61,63,65-67,69-70H,4-15,17-18,20-23,26,29-45,47-48,50-53H2,1-3H3,(H,64,71)/b19-16-,25-24-,28-27-,49-46+. The first kappa shape index (κ1) is 69.6. The Hall–Kier alpha value is -2.38. The molecule has 0 aliphatic carbocycles.